The van der Waals surface area contributed by atoms with Gasteiger partial charge in [-0.05, 0) is 76.6 Å². The molecule has 1 saturated heterocycles. The normalized spacial score (nSPS) is 16.6. The van der Waals surface area contributed by atoms with Gasteiger partial charge in [-0.2, -0.15) is 0 Å². The summed E-state index contributed by atoms with van der Waals surface area (Å²) in [7, 11) is -3.80. The average molecular weight is 486 g/mol. The number of primary sulfonamides is 1. The van der Waals surface area contributed by atoms with Gasteiger partial charge in [-0.3, -0.25) is 9.69 Å². The van der Waals surface area contributed by atoms with Crippen molar-refractivity contribution in [3.8, 4) is 0 Å². The Balaban J connectivity index is 1.55. The molecule has 168 valence electrons. The van der Waals surface area contributed by atoms with Crippen LogP contribution in [0.15, 0.2) is 112 Å². The summed E-state index contributed by atoms with van der Waals surface area (Å²) in [5, 5.41) is 7.89. The van der Waals surface area contributed by atoms with Gasteiger partial charge in [0.05, 0.1) is 21.2 Å². The Morgan fingerprint density at radius 2 is 1.50 bits per heavy atom. The Morgan fingerprint density at radius 3 is 2.21 bits per heavy atom. The van der Waals surface area contributed by atoms with Crippen molar-refractivity contribution in [3.05, 3.63) is 108 Å². The number of thioether (sulfide) groups is 1. The molecule has 4 aromatic rings. The first kappa shape index (κ1) is 22.1. The molecule has 0 atom stereocenters. The summed E-state index contributed by atoms with van der Waals surface area (Å²) in [6, 6.07) is 29.3. The van der Waals surface area contributed by atoms with E-state index in [2.05, 4.69) is 4.99 Å². The molecule has 0 radical (unpaired) electrons. The molecular weight excluding hydrogens is 466 g/mol. The second-order valence-corrected chi connectivity index (χ2v) is 10.2. The van der Waals surface area contributed by atoms with Gasteiger partial charge in [0.2, 0.25) is 10.0 Å². The highest BCUT2D eigenvalue weighted by atomic mass is 32.2. The summed E-state index contributed by atoms with van der Waals surface area (Å²) in [6.45, 7) is 0. The summed E-state index contributed by atoms with van der Waals surface area (Å²) in [5.74, 6) is -0.177. The van der Waals surface area contributed by atoms with Gasteiger partial charge in [0.15, 0.2) is 5.17 Å². The number of hydrogen-bond acceptors (Lipinski definition) is 5. The predicted octanol–water partition coefficient (Wildman–Crippen LogP) is 5.30. The molecule has 4 aromatic carbocycles. The van der Waals surface area contributed by atoms with Crippen molar-refractivity contribution in [2.75, 3.05) is 4.90 Å². The molecule has 5 rings (SSSR count). The molecule has 0 bridgehead atoms. The molecule has 0 spiro atoms. The minimum absolute atomic E-state index is 0.00315. The minimum atomic E-state index is -3.80. The van der Waals surface area contributed by atoms with Crippen molar-refractivity contribution >= 4 is 61.1 Å². The molecule has 1 aliphatic heterocycles. The smallest absolute Gasteiger partial charge is 0.268 e. The van der Waals surface area contributed by atoms with Crippen molar-refractivity contribution in [2.45, 2.75) is 4.90 Å². The SMILES string of the molecule is NS(=O)(=O)c1ccc(N=C2SC(=Cc3ccc4ccccc4c3)C(=O)N2c2ccccc2)cc1. The molecule has 0 unspecified atom stereocenters. The van der Waals surface area contributed by atoms with Crippen molar-refractivity contribution in [3.63, 3.8) is 0 Å². The Morgan fingerprint density at radius 1 is 0.824 bits per heavy atom. The molecule has 0 aliphatic carbocycles. The fourth-order valence-electron chi connectivity index (χ4n) is 3.62. The van der Waals surface area contributed by atoms with Gasteiger partial charge < -0.3 is 0 Å². The lowest BCUT2D eigenvalue weighted by Gasteiger charge is -2.15. The fraction of sp³-hybridized carbons (Fsp3) is 0. The standard InChI is InChI=1S/C26H19N3O3S2/c27-34(31,32)23-14-12-21(13-15-23)28-26-29(22-8-2-1-3-9-22)25(30)24(33-26)17-18-10-11-19-6-4-5-7-20(19)16-18/h1-17H,(H2,27,31,32). The van der Waals surface area contributed by atoms with Gasteiger partial charge >= 0.3 is 0 Å². The monoisotopic (exact) mass is 485 g/mol. The van der Waals surface area contributed by atoms with Gasteiger partial charge in [0.25, 0.3) is 5.91 Å². The van der Waals surface area contributed by atoms with E-state index in [1.807, 2.05) is 78.9 Å². The van der Waals surface area contributed by atoms with Gasteiger partial charge in [-0.25, -0.2) is 18.5 Å². The molecule has 1 heterocycles. The number of sulfonamides is 1. The molecule has 1 fully saturated rings. The number of nitrogens with zero attached hydrogens (tertiary/aromatic N) is 2. The van der Waals surface area contributed by atoms with Crippen LogP contribution in [0.1, 0.15) is 5.56 Å². The molecule has 0 aromatic heterocycles. The third-order valence-corrected chi connectivity index (χ3v) is 7.18. The first-order chi connectivity index (χ1) is 16.4. The average Bonchev–Trinajstić information content (AvgIpc) is 3.13. The molecular formula is C26H19N3O3S2. The number of rotatable bonds is 4. The van der Waals surface area contributed by atoms with Gasteiger partial charge in [-0.15, -0.1) is 0 Å². The zero-order valence-corrected chi connectivity index (χ0v) is 19.5. The Bertz CT molecular complexity index is 1560. The van der Waals surface area contributed by atoms with Crippen LogP contribution >= 0.6 is 11.8 Å². The number of carbonyl (C=O) groups excluding carboxylic acids is 1. The second kappa shape index (κ2) is 8.90. The summed E-state index contributed by atoms with van der Waals surface area (Å²) in [6.07, 6.45) is 1.86. The van der Waals surface area contributed by atoms with E-state index in [0.717, 1.165) is 16.3 Å². The fourth-order valence-corrected chi connectivity index (χ4v) is 5.14. The van der Waals surface area contributed by atoms with E-state index in [-0.39, 0.29) is 10.8 Å². The number of aliphatic imine (C=N–C) groups is 1. The number of anilines is 1. The van der Waals surface area contributed by atoms with E-state index in [1.165, 1.54) is 23.9 Å². The van der Waals surface area contributed by atoms with E-state index in [9.17, 15) is 13.2 Å². The molecule has 34 heavy (non-hydrogen) atoms. The molecule has 6 nitrogen and oxygen atoms in total. The molecule has 2 N–H and O–H groups in total. The highest BCUT2D eigenvalue weighted by Gasteiger charge is 2.34. The lowest BCUT2D eigenvalue weighted by molar-refractivity contribution is -0.113. The molecule has 8 heteroatoms. The number of benzene rings is 4. The van der Waals surface area contributed by atoms with Crippen LogP contribution in [0.5, 0.6) is 0 Å². The number of para-hydroxylation sites is 1. The summed E-state index contributed by atoms with van der Waals surface area (Å²) in [4.78, 5) is 20.2. The third-order valence-electron chi connectivity index (χ3n) is 5.28. The van der Waals surface area contributed by atoms with E-state index < -0.39 is 10.0 Å². The van der Waals surface area contributed by atoms with Gasteiger partial charge in [0, 0.05) is 0 Å². The summed E-state index contributed by atoms with van der Waals surface area (Å²) >= 11 is 1.27. The quantitative estimate of drug-likeness (QED) is 0.397. The van der Waals surface area contributed by atoms with Crippen LogP contribution in [-0.2, 0) is 14.8 Å². The van der Waals surface area contributed by atoms with Gasteiger partial charge in [0.1, 0.15) is 0 Å². The molecule has 1 aliphatic rings. The number of amides is 1. The Labute approximate surface area is 201 Å². The number of carbonyl (C=O) groups is 1. The number of hydrogen-bond donors (Lipinski definition) is 1. The van der Waals surface area contributed by atoms with Crippen LogP contribution in [0.4, 0.5) is 11.4 Å². The third kappa shape index (κ3) is 4.51. The number of amidine groups is 1. The van der Waals surface area contributed by atoms with Crippen LogP contribution < -0.4 is 10.0 Å². The van der Waals surface area contributed by atoms with Crippen LogP contribution in [-0.4, -0.2) is 19.5 Å². The first-order valence-electron chi connectivity index (χ1n) is 10.4. The maximum absolute atomic E-state index is 13.4. The Hall–Kier alpha value is -3.72. The number of nitrogens with two attached hydrogens (primary N) is 1. The van der Waals surface area contributed by atoms with E-state index >= 15 is 0 Å². The first-order valence-corrected chi connectivity index (χ1v) is 12.7. The predicted molar refractivity (Wildman–Crippen MR) is 138 cm³/mol. The van der Waals surface area contributed by atoms with Crippen molar-refractivity contribution in [1.82, 2.24) is 0 Å². The lowest BCUT2D eigenvalue weighted by Crippen LogP contribution is -2.28. The molecule has 1 amide bonds. The van der Waals surface area contributed by atoms with Gasteiger partial charge in [-0.1, -0.05) is 54.6 Å². The van der Waals surface area contributed by atoms with Crippen molar-refractivity contribution in [1.29, 1.82) is 0 Å². The second-order valence-electron chi connectivity index (χ2n) is 7.63. The van der Waals surface area contributed by atoms with Crippen LogP contribution in [0.2, 0.25) is 0 Å². The largest absolute Gasteiger partial charge is 0.271 e. The van der Waals surface area contributed by atoms with E-state index in [1.54, 1.807) is 17.0 Å². The highest BCUT2D eigenvalue weighted by molar-refractivity contribution is 8.19. The maximum Gasteiger partial charge on any atom is 0.271 e. The van der Waals surface area contributed by atoms with Crippen molar-refractivity contribution in [2.24, 2.45) is 10.1 Å². The maximum atomic E-state index is 13.4. The topological polar surface area (TPSA) is 92.8 Å². The van der Waals surface area contributed by atoms with Crippen molar-refractivity contribution < 1.29 is 13.2 Å². The summed E-state index contributed by atoms with van der Waals surface area (Å²) in [5.41, 5.74) is 2.12. The minimum Gasteiger partial charge on any atom is -0.268 e. The Kier molecular flexibility index (Phi) is 5.79. The molecule has 0 saturated carbocycles. The lowest BCUT2D eigenvalue weighted by atomic mass is 10.1. The van der Waals surface area contributed by atoms with Crippen LogP contribution in [0.25, 0.3) is 16.8 Å². The van der Waals surface area contributed by atoms with E-state index in [0.29, 0.717) is 21.4 Å². The van der Waals surface area contributed by atoms with Crippen LogP contribution in [0, 0.1) is 0 Å². The van der Waals surface area contributed by atoms with Crippen LogP contribution in [0.3, 0.4) is 0 Å². The summed E-state index contributed by atoms with van der Waals surface area (Å²) < 4.78 is 23.1. The van der Waals surface area contributed by atoms with E-state index in [4.69, 9.17) is 5.14 Å². The number of fused-ring (bicyclic) bond motifs is 1. The zero-order valence-electron chi connectivity index (χ0n) is 17.8. The highest BCUT2D eigenvalue weighted by Crippen LogP contribution is 2.37. The zero-order chi connectivity index (χ0) is 23.7.